The van der Waals surface area contributed by atoms with Crippen LogP contribution in [0.4, 0.5) is 10.6 Å². The lowest BCUT2D eigenvalue weighted by Gasteiger charge is -2.24. The molecule has 2 heterocycles. The van der Waals surface area contributed by atoms with E-state index in [1.54, 1.807) is 11.1 Å². The van der Waals surface area contributed by atoms with E-state index in [0.29, 0.717) is 18.9 Å². The molecule has 1 fully saturated rings. The molecule has 1 aromatic rings. The van der Waals surface area contributed by atoms with E-state index in [9.17, 15) is 4.79 Å². The van der Waals surface area contributed by atoms with Crippen molar-refractivity contribution in [1.82, 2.24) is 9.88 Å². The predicted octanol–water partition coefficient (Wildman–Crippen LogP) is 2.27. The maximum atomic E-state index is 12.0. The normalized spacial score (nSPS) is 18.0. The first kappa shape index (κ1) is 15.2. The number of aromatic nitrogens is 1. The smallest absolute Gasteiger partial charge is 0.410 e. The van der Waals surface area contributed by atoms with Gasteiger partial charge in [0.25, 0.3) is 0 Å². The maximum absolute atomic E-state index is 12.0. The molecule has 0 radical (unpaired) electrons. The van der Waals surface area contributed by atoms with Crippen LogP contribution in [-0.2, 0) is 4.74 Å². The van der Waals surface area contributed by atoms with Gasteiger partial charge in [-0.3, -0.25) is 0 Å². The Morgan fingerprint density at radius 3 is 2.95 bits per heavy atom. The first-order valence-electron chi connectivity index (χ1n) is 7.05. The summed E-state index contributed by atoms with van der Waals surface area (Å²) in [5, 5.41) is 0. The minimum absolute atomic E-state index is 0.150. The van der Waals surface area contributed by atoms with Crippen molar-refractivity contribution in [3.8, 4) is 11.8 Å². The number of carbonyl (C=O) groups is 1. The van der Waals surface area contributed by atoms with Crippen LogP contribution in [0.3, 0.4) is 0 Å². The lowest BCUT2D eigenvalue weighted by atomic mass is 10.1. The predicted molar refractivity (Wildman–Crippen MR) is 81.4 cm³/mol. The van der Waals surface area contributed by atoms with Crippen LogP contribution >= 0.6 is 0 Å². The van der Waals surface area contributed by atoms with Crippen molar-refractivity contribution < 1.29 is 9.53 Å². The molecule has 1 unspecified atom stereocenters. The second-order valence-corrected chi connectivity index (χ2v) is 6.12. The Hall–Kier alpha value is -2.22. The zero-order chi connectivity index (χ0) is 15.5. The highest BCUT2D eigenvalue weighted by atomic mass is 16.6. The van der Waals surface area contributed by atoms with E-state index < -0.39 is 5.60 Å². The molecule has 1 aliphatic rings. The fraction of sp³-hybridized carbons (Fsp3) is 0.500. The molecular weight excluding hydrogens is 266 g/mol. The number of carbonyl (C=O) groups excluding carboxylic acids is 1. The summed E-state index contributed by atoms with van der Waals surface area (Å²) in [6.45, 7) is 6.87. The lowest BCUT2D eigenvalue weighted by molar-refractivity contribution is 0.0291. The number of nitrogens with two attached hydrogens (primary N) is 1. The molecule has 0 spiro atoms. The van der Waals surface area contributed by atoms with E-state index in [0.717, 1.165) is 12.0 Å². The van der Waals surface area contributed by atoms with E-state index >= 15 is 0 Å². The molecular formula is C16H21N3O2. The fourth-order valence-corrected chi connectivity index (χ4v) is 2.07. The third-order valence-electron chi connectivity index (χ3n) is 3.09. The molecule has 0 saturated carbocycles. The number of nitrogens with zero attached hydrogens (tertiary/aromatic N) is 2. The van der Waals surface area contributed by atoms with Crippen LogP contribution in [0.2, 0.25) is 0 Å². The summed E-state index contributed by atoms with van der Waals surface area (Å²) in [6.07, 6.45) is 2.22. The first-order chi connectivity index (χ1) is 9.85. The molecule has 1 saturated heterocycles. The Bertz CT molecular complexity index is 581. The molecule has 1 atom stereocenters. The number of pyridine rings is 1. The van der Waals surface area contributed by atoms with E-state index in [2.05, 4.69) is 16.8 Å². The number of amides is 1. The Morgan fingerprint density at radius 2 is 2.29 bits per heavy atom. The van der Waals surface area contributed by atoms with Crippen molar-refractivity contribution in [3.63, 3.8) is 0 Å². The number of nitrogen functional groups attached to an aromatic ring is 1. The van der Waals surface area contributed by atoms with Crippen LogP contribution in [0, 0.1) is 17.8 Å². The molecule has 0 bridgehead atoms. The van der Waals surface area contributed by atoms with Crippen molar-refractivity contribution in [1.29, 1.82) is 0 Å². The Morgan fingerprint density at radius 1 is 1.52 bits per heavy atom. The summed E-state index contributed by atoms with van der Waals surface area (Å²) in [4.78, 5) is 17.7. The molecule has 1 aliphatic heterocycles. The van der Waals surface area contributed by atoms with Gasteiger partial charge in [0.2, 0.25) is 0 Å². The molecule has 1 amide bonds. The van der Waals surface area contributed by atoms with Crippen molar-refractivity contribution in [2.24, 2.45) is 5.92 Å². The number of likely N-dealkylation sites (tertiary alicyclic amines) is 1. The zero-order valence-corrected chi connectivity index (χ0v) is 12.7. The highest BCUT2D eigenvalue weighted by molar-refractivity contribution is 5.68. The van der Waals surface area contributed by atoms with Gasteiger partial charge in [-0.25, -0.2) is 9.78 Å². The van der Waals surface area contributed by atoms with E-state index in [1.165, 1.54) is 0 Å². The Balaban J connectivity index is 1.95. The van der Waals surface area contributed by atoms with Gasteiger partial charge >= 0.3 is 6.09 Å². The highest BCUT2D eigenvalue weighted by Gasteiger charge is 2.28. The Labute approximate surface area is 125 Å². The molecule has 21 heavy (non-hydrogen) atoms. The molecule has 5 nitrogen and oxygen atoms in total. The number of ether oxygens (including phenoxy) is 1. The quantitative estimate of drug-likeness (QED) is 0.743. The average molecular weight is 287 g/mol. The van der Waals surface area contributed by atoms with Gasteiger partial charge in [0.1, 0.15) is 11.4 Å². The molecule has 0 aliphatic carbocycles. The molecule has 2 N–H and O–H groups in total. The molecule has 2 rings (SSSR count). The van der Waals surface area contributed by atoms with E-state index in [4.69, 9.17) is 10.5 Å². The van der Waals surface area contributed by atoms with Crippen LogP contribution < -0.4 is 5.73 Å². The topological polar surface area (TPSA) is 68.5 Å². The number of hydrogen-bond acceptors (Lipinski definition) is 4. The first-order valence-corrected chi connectivity index (χ1v) is 7.05. The summed E-state index contributed by atoms with van der Waals surface area (Å²) < 4.78 is 5.36. The minimum atomic E-state index is -0.467. The lowest BCUT2D eigenvalue weighted by Crippen LogP contribution is -2.35. The number of anilines is 1. The second-order valence-electron chi connectivity index (χ2n) is 6.12. The van der Waals surface area contributed by atoms with Crippen molar-refractivity contribution in [2.45, 2.75) is 32.8 Å². The van der Waals surface area contributed by atoms with Crippen LogP contribution in [0.15, 0.2) is 18.3 Å². The standard InChI is InChI=1S/C16H21N3O2/c1-16(2,3)21-15(20)19-10-8-12(11-19)6-7-13-5-4-9-18-14(13)17/h4-5,9,12H,8,10-11H2,1-3H3,(H2,17,18). The van der Waals surface area contributed by atoms with Crippen molar-refractivity contribution in [2.75, 3.05) is 18.8 Å². The van der Waals surface area contributed by atoms with Crippen LogP contribution in [-0.4, -0.2) is 34.7 Å². The van der Waals surface area contributed by atoms with Gasteiger partial charge in [0.05, 0.1) is 5.56 Å². The summed E-state index contributed by atoms with van der Waals surface area (Å²) in [5.74, 6) is 6.80. The van der Waals surface area contributed by atoms with E-state index in [-0.39, 0.29) is 12.0 Å². The largest absolute Gasteiger partial charge is 0.444 e. The molecule has 5 heteroatoms. The van der Waals surface area contributed by atoms with Gasteiger partial charge in [-0.05, 0) is 39.3 Å². The molecule has 112 valence electrons. The minimum Gasteiger partial charge on any atom is -0.444 e. The monoisotopic (exact) mass is 287 g/mol. The van der Waals surface area contributed by atoms with Crippen LogP contribution in [0.25, 0.3) is 0 Å². The SMILES string of the molecule is CC(C)(C)OC(=O)N1CCC(C#Cc2cccnc2N)C1. The zero-order valence-electron chi connectivity index (χ0n) is 12.7. The summed E-state index contributed by atoms with van der Waals surface area (Å²) in [5.41, 5.74) is 6.01. The van der Waals surface area contributed by atoms with Crippen molar-refractivity contribution in [3.05, 3.63) is 23.9 Å². The van der Waals surface area contributed by atoms with Crippen LogP contribution in [0.1, 0.15) is 32.8 Å². The third kappa shape index (κ3) is 4.38. The van der Waals surface area contributed by atoms with Crippen molar-refractivity contribution >= 4 is 11.9 Å². The number of rotatable bonds is 0. The summed E-state index contributed by atoms with van der Waals surface area (Å²) in [7, 11) is 0. The molecule has 1 aromatic heterocycles. The second kappa shape index (κ2) is 6.04. The third-order valence-corrected chi connectivity index (χ3v) is 3.09. The Kier molecular flexibility index (Phi) is 4.37. The number of hydrogen-bond donors (Lipinski definition) is 1. The summed E-state index contributed by atoms with van der Waals surface area (Å²) >= 11 is 0. The molecule has 0 aromatic carbocycles. The van der Waals surface area contributed by atoms with Gasteiger partial charge in [-0.15, -0.1) is 0 Å². The van der Waals surface area contributed by atoms with E-state index in [1.807, 2.05) is 32.9 Å². The van der Waals surface area contributed by atoms with Gasteiger partial charge in [-0.2, -0.15) is 0 Å². The van der Waals surface area contributed by atoms with Gasteiger partial charge in [0, 0.05) is 25.2 Å². The van der Waals surface area contributed by atoms with Crippen LogP contribution in [0.5, 0.6) is 0 Å². The van der Waals surface area contributed by atoms with Gasteiger partial charge in [0.15, 0.2) is 0 Å². The average Bonchev–Trinajstić information content (AvgIpc) is 2.85. The fourth-order valence-electron chi connectivity index (χ4n) is 2.07. The maximum Gasteiger partial charge on any atom is 0.410 e. The highest BCUT2D eigenvalue weighted by Crippen LogP contribution is 2.19. The van der Waals surface area contributed by atoms with Gasteiger partial charge < -0.3 is 15.4 Å². The summed E-state index contributed by atoms with van der Waals surface area (Å²) in [6, 6.07) is 3.65. The van der Waals surface area contributed by atoms with Gasteiger partial charge in [-0.1, -0.05) is 11.8 Å².